The van der Waals surface area contributed by atoms with Crippen molar-refractivity contribution in [2.75, 3.05) is 7.11 Å². The summed E-state index contributed by atoms with van der Waals surface area (Å²) in [5.41, 5.74) is 0.109. The highest BCUT2D eigenvalue weighted by Crippen LogP contribution is 2.46. The van der Waals surface area contributed by atoms with Crippen LogP contribution in [0.4, 0.5) is 0 Å². The van der Waals surface area contributed by atoms with Gasteiger partial charge in [0.25, 0.3) is 0 Å². The van der Waals surface area contributed by atoms with Gasteiger partial charge in [0, 0.05) is 18.9 Å². The number of ether oxygens (including phenoxy) is 1. The van der Waals surface area contributed by atoms with Crippen molar-refractivity contribution in [3.8, 4) is 12.3 Å². The maximum atomic E-state index is 5.49. The summed E-state index contributed by atoms with van der Waals surface area (Å²) in [6.07, 6.45) is 10.5. The van der Waals surface area contributed by atoms with Gasteiger partial charge in [-0.2, -0.15) is 0 Å². The molecule has 0 heterocycles. The van der Waals surface area contributed by atoms with E-state index in [2.05, 4.69) is 40.2 Å². The zero-order valence-corrected chi connectivity index (χ0v) is 11.5. The highest BCUT2D eigenvalue weighted by molar-refractivity contribution is 5.05. The Bertz CT molecular complexity index is 259. The van der Waals surface area contributed by atoms with Crippen LogP contribution in [0.15, 0.2) is 12.7 Å². The Balaban J connectivity index is 4.78. The Morgan fingerprint density at radius 3 is 2.38 bits per heavy atom. The van der Waals surface area contributed by atoms with Crippen molar-refractivity contribution >= 4 is 0 Å². The van der Waals surface area contributed by atoms with Crippen molar-refractivity contribution in [1.29, 1.82) is 0 Å². The molecule has 1 heteroatoms. The van der Waals surface area contributed by atoms with Crippen LogP contribution in [0.5, 0.6) is 0 Å². The van der Waals surface area contributed by atoms with Gasteiger partial charge < -0.3 is 4.74 Å². The Hall–Kier alpha value is -0.740. The SMILES string of the molecule is C#CCCCC(C)(C)C(C)(C=C)C(C)OC. The van der Waals surface area contributed by atoms with Crippen LogP contribution in [0, 0.1) is 23.2 Å². The maximum Gasteiger partial charge on any atom is 0.0636 e. The number of unbranched alkanes of at least 4 members (excludes halogenated alkanes) is 1. The Labute approximate surface area is 101 Å². The molecule has 2 unspecified atom stereocenters. The van der Waals surface area contributed by atoms with E-state index in [1.54, 1.807) is 7.11 Å². The molecule has 0 N–H and O–H groups in total. The van der Waals surface area contributed by atoms with Crippen molar-refractivity contribution in [1.82, 2.24) is 0 Å². The molecule has 0 saturated heterocycles. The molecule has 92 valence electrons. The van der Waals surface area contributed by atoms with Gasteiger partial charge in [-0.3, -0.25) is 0 Å². The first-order valence-corrected chi connectivity index (χ1v) is 5.95. The minimum atomic E-state index is -0.0314. The third kappa shape index (κ3) is 3.12. The zero-order valence-electron chi connectivity index (χ0n) is 11.5. The third-order valence-electron chi connectivity index (χ3n) is 4.20. The first kappa shape index (κ1) is 15.3. The van der Waals surface area contributed by atoms with Crippen LogP contribution in [0.3, 0.4) is 0 Å². The predicted octanol–water partition coefficient (Wildman–Crippen LogP) is 4.04. The van der Waals surface area contributed by atoms with Gasteiger partial charge in [0.15, 0.2) is 0 Å². The van der Waals surface area contributed by atoms with Crippen LogP contribution in [-0.4, -0.2) is 13.2 Å². The molecule has 0 aromatic rings. The summed E-state index contributed by atoms with van der Waals surface area (Å²) in [5.74, 6) is 2.70. The zero-order chi connectivity index (χ0) is 12.8. The number of terminal acetylenes is 1. The fourth-order valence-corrected chi connectivity index (χ4v) is 2.14. The lowest BCUT2D eigenvalue weighted by molar-refractivity contribution is -0.0340. The monoisotopic (exact) mass is 222 g/mol. The summed E-state index contributed by atoms with van der Waals surface area (Å²) in [7, 11) is 1.75. The van der Waals surface area contributed by atoms with Crippen molar-refractivity contribution < 1.29 is 4.74 Å². The lowest BCUT2D eigenvalue weighted by Crippen LogP contribution is -2.42. The molecule has 0 amide bonds. The first-order valence-electron chi connectivity index (χ1n) is 5.95. The van der Waals surface area contributed by atoms with Crippen molar-refractivity contribution in [2.45, 2.75) is 53.1 Å². The van der Waals surface area contributed by atoms with Gasteiger partial charge >= 0.3 is 0 Å². The third-order valence-corrected chi connectivity index (χ3v) is 4.20. The van der Waals surface area contributed by atoms with E-state index in [9.17, 15) is 0 Å². The molecule has 0 radical (unpaired) electrons. The Morgan fingerprint density at radius 1 is 1.44 bits per heavy atom. The highest BCUT2D eigenvalue weighted by Gasteiger charge is 2.42. The average molecular weight is 222 g/mol. The summed E-state index contributed by atoms with van der Waals surface area (Å²) in [6.45, 7) is 12.8. The molecule has 16 heavy (non-hydrogen) atoms. The Morgan fingerprint density at radius 2 is 2.00 bits per heavy atom. The summed E-state index contributed by atoms with van der Waals surface area (Å²) in [5, 5.41) is 0. The van der Waals surface area contributed by atoms with Gasteiger partial charge in [0.2, 0.25) is 0 Å². The minimum absolute atomic E-state index is 0.0314. The van der Waals surface area contributed by atoms with E-state index < -0.39 is 0 Å². The van der Waals surface area contributed by atoms with Crippen molar-refractivity contribution in [2.24, 2.45) is 10.8 Å². The van der Waals surface area contributed by atoms with Crippen LogP contribution in [0.2, 0.25) is 0 Å². The van der Waals surface area contributed by atoms with Crippen molar-refractivity contribution in [3.63, 3.8) is 0 Å². The van der Waals surface area contributed by atoms with Gasteiger partial charge in [-0.15, -0.1) is 18.9 Å². The predicted molar refractivity (Wildman–Crippen MR) is 71.2 cm³/mol. The highest BCUT2D eigenvalue weighted by atomic mass is 16.5. The normalized spacial score (nSPS) is 17.2. The molecule has 0 fully saturated rings. The maximum absolute atomic E-state index is 5.49. The number of rotatable bonds is 7. The second-order valence-corrected chi connectivity index (χ2v) is 5.31. The van der Waals surface area contributed by atoms with E-state index in [0.29, 0.717) is 0 Å². The first-order chi connectivity index (χ1) is 7.35. The van der Waals surface area contributed by atoms with E-state index in [0.717, 1.165) is 19.3 Å². The summed E-state index contributed by atoms with van der Waals surface area (Å²) >= 11 is 0. The fourth-order valence-electron chi connectivity index (χ4n) is 2.14. The van der Waals surface area contributed by atoms with Crippen LogP contribution < -0.4 is 0 Å². The molecule has 0 bridgehead atoms. The molecule has 0 aromatic heterocycles. The van der Waals surface area contributed by atoms with E-state index >= 15 is 0 Å². The number of hydrogen-bond acceptors (Lipinski definition) is 1. The number of hydrogen-bond donors (Lipinski definition) is 0. The second kappa shape index (κ2) is 6.11. The van der Waals surface area contributed by atoms with Crippen LogP contribution >= 0.6 is 0 Å². The average Bonchev–Trinajstić information content (AvgIpc) is 2.26. The van der Waals surface area contributed by atoms with E-state index in [-0.39, 0.29) is 16.9 Å². The molecule has 0 aliphatic rings. The summed E-state index contributed by atoms with van der Waals surface area (Å²) in [4.78, 5) is 0. The molecular formula is C15H26O. The van der Waals surface area contributed by atoms with Gasteiger partial charge in [-0.1, -0.05) is 26.8 Å². The quantitative estimate of drug-likeness (QED) is 0.359. The lowest BCUT2D eigenvalue weighted by atomic mass is 9.61. The second-order valence-electron chi connectivity index (χ2n) is 5.31. The molecule has 0 aliphatic carbocycles. The topological polar surface area (TPSA) is 9.23 Å². The largest absolute Gasteiger partial charge is 0.381 e. The molecule has 0 aromatic carbocycles. The van der Waals surface area contributed by atoms with E-state index in [1.165, 1.54) is 0 Å². The van der Waals surface area contributed by atoms with Crippen LogP contribution in [-0.2, 0) is 4.74 Å². The van der Waals surface area contributed by atoms with Crippen molar-refractivity contribution in [3.05, 3.63) is 12.7 Å². The molecule has 2 atom stereocenters. The minimum Gasteiger partial charge on any atom is -0.381 e. The van der Waals surface area contributed by atoms with Gasteiger partial charge in [0.1, 0.15) is 0 Å². The van der Waals surface area contributed by atoms with Gasteiger partial charge in [-0.05, 0) is 25.2 Å². The lowest BCUT2D eigenvalue weighted by Gasteiger charge is -2.46. The molecule has 0 saturated carbocycles. The molecule has 0 aliphatic heterocycles. The Kier molecular flexibility index (Phi) is 5.83. The smallest absolute Gasteiger partial charge is 0.0636 e. The molecule has 0 spiro atoms. The number of methoxy groups -OCH3 is 1. The molecule has 0 rings (SSSR count). The molecule has 1 nitrogen and oxygen atoms in total. The summed E-state index contributed by atoms with van der Waals surface area (Å²) < 4.78 is 5.49. The van der Waals surface area contributed by atoms with Gasteiger partial charge in [0.05, 0.1) is 6.10 Å². The molecular weight excluding hydrogens is 196 g/mol. The van der Waals surface area contributed by atoms with Gasteiger partial charge in [-0.25, -0.2) is 0 Å². The van der Waals surface area contributed by atoms with Crippen LogP contribution in [0.1, 0.15) is 47.0 Å². The van der Waals surface area contributed by atoms with Crippen LogP contribution in [0.25, 0.3) is 0 Å². The fraction of sp³-hybridized carbons (Fsp3) is 0.733. The van der Waals surface area contributed by atoms with E-state index in [1.807, 2.05) is 6.08 Å². The standard InChI is InChI=1S/C15H26O/c1-8-10-11-12-14(4,5)15(6,9-2)13(3)16-7/h1,9,13H,2,10-12H2,3-7H3. The van der Waals surface area contributed by atoms with E-state index in [4.69, 9.17) is 11.2 Å². The summed E-state index contributed by atoms with van der Waals surface area (Å²) in [6, 6.07) is 0.